The molecule has 1 aliphatic heterocycles. The molecule has 0 saturated carbocycles. The molecule has 3 aromatic carbocycles. The van der Waals surface area contributed by atoms with Crippen LogP contribution in [0, 0.1) is 6.92 Å². The maximum absolute atomic E-state index is 14.1. The lowest BCUT2D eigenvalue weighted by molar-refractivity contribution is -0.137. The van der Waals surface area contributed by atoms with Crippen LogP contribution in [0.3, 0.4) is 0 Å². The minimum Gasteiger partial charge on any atom is -0.496 e. The molecule has 0 spiro atoms. The molecular weight excluding hydrogens is 467 g/mol. The first kappa shape index (κ1) is 23.9. The summed E-state index contributed by atoms with van der Waals surface area (Å²) in [6, 6.07) is 16.8. The van der Waals surface area contributed by atoms with Crippen LogP contribution >= 0.6 is 0 Å². The summed E-state index contributed by atoms with van der Waals surface area (Å²) in [4.78, 5) is 23.5. The molecule has 5 rings (SSSR count). The number of likely N-dealkylation sites (tertiary alicyclic amines) is 1. The summed E-state index contributed by atoms with van der Waals surface area (Å²) in [6.07, 6.45) is -3.05. The number of alkyl halides is 3. The lowest BCUT2D eigenvalue weighted by Crippen LogP contribution is -2.43. The van der Waals surface area contributed by atoms with Crippen molar-refractivity contribution >= 4 is 16.9 Å². The molecule has 5 nitrogen and oxygen atoms in total. The zero-order valence-corrected chi connectivity index (χ0v) is 20.2. The van der Waals surface area contributed by atoms with Gasteiger partial charge in [-0.25, -0.2) is 4.98 Å². The summed E-state index contributed by atoms with van der Waals surface area (Å²) >= 11 is 0. The third-order valence-electron chi connectivity index (χ3n) is 7.01. The number of imidazole rings is 1. The van der Waals surface area contributed by atoms with Crippen LogP contribution in [0.15, 0.2) is 60.7 Å². The number of aromatic amines is 1. The van der Waals surface area contributed by atoms with E-state index in [4.69, 9.17) is 4.74 Å². The Morgan fingerprint density at radius 3 is 2.61 bits per heavy atom. The fourth-order valence-corrected chi connectivity index (χ4v) is 5.06. The Hall–Kier alpha value is -3.81. The van der Waals surface area contributed by atoms with Crippen LogP contribution in [0.25, 0.3) is 22.2 Å². The fourth-order valence-electron chi connectivity index (χ4n) is 5.06. The van der Waals surface area contributed by atoms with Gasteiger partial charge in [-0.1, -0.05) is 35.9 Å². The van der Waals surface area contributed by atoms with Gasteiger partial charge in [0.25, 0.3) is 5.91 Å². The van der Waals surface area contributed by atoms with Crippen LogP contribution < -0.4 is 4.74 Å². The molecule has 1 N–H and O–H groups in total. The fraction of sp³-hybridized carbons (Fsp3) is 0.286. The van der Waals surface area contributed by atoms with Gasteiger partial charge in [-0.15, -0.1) is 0 Å². The predicted octanol–water partition coefficient (Wildman–Crippen LogP) is 6.72. The van der Waals surface area contributed by atoms with Gasteiger partial charge in [0, 0.05) is 17.7 Å². The Morgan fingerprint density at radius 2 is 1.86 bits per heavy atom. The molecular formula is C28H26F3N3O2. The van der Waals surface area contributed by atoms with E-state index in [0.717, 1.165) is 35.2 Å². The number of hydrogen-bond donors (Lipinski definition) is 1. The largest absolute Gasteiger partial charge is 0.496 e. The Morgan fingerprint density at radius 1 is 1.08 bits per heavy atom. The van der Waals surface area contributed by atoms with Crippen molar-refractivity contribution in [1.29, 1.82) is 0 Å². The number of methoxy groups -OCH3 is 1. The lowest BCUT2D eigenvalue weighted by Gasteiger charge is -2.34. The van der Waals surface area contributed by atoms with E-state index in [1.807, 2.05) is 56.3 Å². The molecule has 0 aliphatic carbocycles. The average molecular weight is 494 g/mol. The third-order valence-corrected chi connectivity index (χ3v) is 7.01. The molecule has 8 heteroatoms. The van der Waals surface area contributed by atoms with Crippen molar-refractivity contribution < 1.29 is 22.7 Å². The second-order valence-electron chi connectivity index (χ2n) is 9.40. The number of carbonyl (C=O) groups is 1. The standard InChI is InChI=1S/C28H26F3N3O2/c1-17-9-11-19(20-7-4-5-8-24(20)36-3)21(15-17)25(35)34-14-6-13-27(34,2)26-32-22-12-10-18(28(29,30)31)16-23(22)33-26/h4-5,7-12,15-16H,6,13-14H2,1-3H3,(H,32,33). The zero-order chi connectivity index (χ0) is 25.7. The number of aryl methyl sites for hydroxylation is 1. The molecule has 0 bridgehead atoms. The van der Waals surface area contributed by atoms with Crippen LogP contribution in [0.4, 0.5) is 13.2 Å². The molecule has 4 aromatic rings. The summed E-state index contributed by atoms with van der Waals surface area (Å²) in [7, 11) is 1.60. The number of H-pyrrole nitrogens is 1. The van der Waals surface area contributed by atoms with E-state index in [-0.39, 0.29) is 5.91 Å². The number of rotatable bonds is 4. The molecule has 1 saturated heterocycles. The second kappa shape index (κ2) is 8.69. The van der Waals surface area contributed by atoms with E-state index in [0.29, 0.717) is 41.1 Å². The third kappa shape index (κ3) is 4.00. The highest BCUT2D eigenvalue weighted by Gasteiger charge is 2.44. The Labute approximate surface area is 206 Å². The minimum atomic E-state index is -4.45. The van der Waals surface area contributed by atoms with E-state index in [1.165, 1.54) is 6.07 Å². The number of carbonyl (C=O) groups excluding carboxylic acids is 1. The van der Waals surface area contributed by atoms with Crippen molar-refractivity contribution in [2.24, 2.45) is 0 Å². The van der Waals surface area contributed by atoms with Gasteiger partial charge in [0.2, 0.25) is 0 Å². The van der Waals surface area contributed by atoms with Gasteiger partial charge in [-0.05, 0) is 62.6 Å². The van der Waals surface area contributed by atoms with Gasteiger partial charge in [0.15, 0.2) is 0 Å². The normalized spacial score (nSPS) is 18.1. The zero-order valence-electron chi connectivity index (χ0n) is 20.2. The molecule has 1 amide bonds. The minimum absolute atomic E-state index is 0.156. The molecule has 0 radical (unpaired) electrons. The van der Waals surface area contributed by atoms with Crippen LogP contribution in [-0.4, -0.2) is 34.4 Å². The number of hydrogen-bond acceptors (Lipinski definition) is 3. The highest BCUT2D eigenvalue weighted by atomic mass is 19.4. The van der Waals surface area contributed by atoms with Gasteiger partial charge in [-0.3, -0.25) is 4.79 Å². The number of halogens is 3. The SMILES string of the molecule is COc1ccccc1-c1ccc(C)cc1C(=O)N1CCCC1(C)c1nc2ccc(C(F)(F)F)cc2[nH]1. The highest BCUT2D eigenvalue weighted by Crippen LogP contribution is 2.41. The Kier molecular flexibility index (Phi) is 5.77. The van der Waals surface area contributed by atoms with E-state index in [9.17, 15) is 18.0 Å². The summed E-state index contributed by atoms with van der Waals surface area (Å²) in [6.45, 7) is 4.36. The molecule has 1 aromatic heterocycles. The topological polar surface area (TPSA) is 58.2 Å². The summed E-state index contributed by atoms with van der Waals surface area (Å²) in [5.74, 6) is 0.988. The number of nitrogens with zero attached hydrogens (tertiary/aromatic N) is 2. The quantitative estimate of drug-likeness (QED) is 0.343. The Bertz CT molecular complexity index is 1460. The smallest absolute Gasteiger partial charge is 0.416 e. The first-order valence-electron chi connectivity index (χ1n) is 11.8. The number of para-hydroxylation sites is 1. The monoisotopic (exact) mass is 493 g/mol. The number of nitrogens with one attached hydrogen (secondary N) is 1. The summed E-state index contributed by atoms with van der Waals surface area (Å²) < 4.78 is 45.2. The number of fused-ring (bicyclic) bond motifs is 1. The van der Waals surface area contributed by atoms with Crippen molar-refractivity contribution in [3.63, 3.8) is 0 Å². The van der Waals surface area contributed by atoms with Crippen molar-refractivity contribution in [2.45, 2.75) is 38.4 Å². The number of ether oxygens (including phenoxy) is 1. The average Bonchev–Trinajstić information content (AvgIpc) is 3.47. The number of amides is 1. The maximum Gasteiger partial charge on any atom is 0.416 e. The molecule has 1 aliphatic rings. The summed E-state index contributed by atoms with van der Waals surface area (Å²) in [5, 5.41) is 0. The van der Waals surface area contributed by atoms with Gasteiger partial charge >= 0.3 is 6.18 Å². The summed E-state index contributed by atoms with van der Waals surface area (Å²) in [5.41, 5.74) is 2.26. The lowest BCUT2D eigenvalue weighted by atomic mass is 9.93. The first-order valence-corrected chi connectivity index (χ1v) is 11.8. The van der Waals surface area contributed by atoms with E-state index in [2.05, 4.69) is 9.97 Å². The number of benzene rings is 3. The van der Waals surface area contributed by atoms with Crippen molar-refractivity contribution in [3.8, 4) is 16.9 Å². The van der Waals surface area contributed by atoms with Gasteiger partial charge < -0.3 is 14.6 Å². The van der Waals surface area contributed by atoms with E-state index >= 15 is 0 Å². The van der Waals surface area contributed by atoms with Crippen molar-refractivity contribution in [3.05, 3.63) is 83.2 Å². The molecule has 1 unspecified atom stereocenters. The van der Waals surface area contributed by atoms with Crippen LogP contribution in [0.1, 0.15) is 47.1 Å². The molecule has 186 valence electrons. The molecule has 1 atom stereocenters. The Balaban J connectivity index is 1.57. The van der Waals surface area contributed by atoms with Crippen molar-refractivity contribution in [2.75, 3.05) is 13.7 Å². The van der Waals surface area contributed by atoms with E-state index in [1.54, 1.807) is 12.0 Å². The van der Waals surface area contributed by atoms with Crippen LogP contribution in [0.5, 0.6) is 5.75 Å². The van der Waals surface area contributed by atoms with Gasteiger partial charge in [-0.2, -0.15) is 13.2 Å². The molecule has 2 heterocycles. The van der Waals surface area contributed by atoms with E-state index < -0.39 is 17.3 Å². The van der Waals surface area contributed by atoms with Crippen LogP contribution in [-0.2, 0) is 11.7 Å². The maximum atomic E-state index is 14.1. The molecule has 1 fully saturated rings. The molecule has 36 heavy (non-hydrogen) atoms. The first-order chi connectivity index (χ1) is 17.1. The second-order valence-corrected chi connectivity index (χ2v) is 9.40. The highest BCUT2D eigenvalue weighted by molar-refractivity contribution is 6.02. The van der Waals surface area contributed by atoms with Crippen molar-refractivity contribution in [1.82, 2.24) is 14.9 Å². The van der Waals surface area contributed by atoms with Crippen LogP contribution in [0.2, 0.25) is 0 Å². The number of aromatic nitrogens is 2. The van der Waals surface area contributed by atoms with Gasteiger partial charge in [0.05, 0.1) is 29.2 Å². The van der Waals surface area contributed by atoms with Gasteiger partial charge in [0.1, 0.15) is 11.6 Å². The predicted molar refractivity (Wildman–Crippen MR) is 132 cm³/mol.